The van der Waals surface area contributed by atoms with E-state index in [1.54, 1.807) is 20.8 Å². The summed E-state index contributed by atoms with van der Waals surface area (Å²) in [6.07, 6.45) is -6.30. The van der Waals surface area contributed by atoms with E-state index in [0.29, 0.717) is 6.42 Å². The fourth-order valence-corrected chi connectivity index (χ4v) is 3.40. The van der Waals surface area contributed by atoms with Gasteiger partial charge < -0.3 is 9.47 Å². The van der Waals surface area contributed by atoms with Crippen LogP contribution in [0.3, 0.4) is 0 Å². The topological polar surface area (TPSA) is 69.7 Å². The number of hydrogen-bond acceptors (Lipinski definition) is 5. The lowest BCUT2D eigenvalue weighted by Gasteiger charge is -2.38. The van der Waals surface area contributed by atoms with E-state index in [2.05, 4.69) is 9.47 Å². The van der Waals surface area contributed by atoms with Crippen molar-refractivity contribution >= 4 is 29.3 Å². The summed E-state index contributed by atoms with van der Waals surface area (Å²) >= 11 is 6.14. The van der Waals surface area contributed by atoms with Crippen molar-refractivity contribution in [2.24, 2.45) is 11.3 Å². The Labute approximate surface area is 148 Å². The lowest BCUT2D eigenvalue weighted by molar-refractivity contribution is -0.203. The number of Topliss-reactive ketones (excluding diaryl/α,β-unsaturated/α-hetero) is 1. The molecule has 0 amide bonds. The van der Waals surface area contributed by atoms with Crippen LogP contribution in [0.1, 0.15) is 40.0 Å². The van der Waals surface area contributed by atoms with E-state index in [1.165, 1.54) is 0 Å². The molecule has 0 aromatic rings. The van der Waals surface area contributed by atoms with E-state index in [9.17, 15) is 27.6 Å². The Morgan fingerprint density at radius 3 is 2.36 bits per heavy atom. The molecule has 0 N–H and O–H groups in total. The number of carbonyl (C=O) groups is 3. The van der Waals surface area contributed by atoms with Gasteiger partial charge in [-0.15, -0.1) is 0 Å². The van der Waals surface area contributed by atoms with E-state index >= 15 is 0 Å². The quantitative estimate of drug-likeness (QED) is 0.535. The molecule has 0 saturated carbocycles. The molecule has 0 aromatic carbocycles. The molecule has 9 heteroatoms. The molecule has 1 rings (SSSR count). The third-order valence-electron chi connectivity index (χ3n) is 4.00. The van der Waals surface area contributed by atoms with Gasteiger partial charge in [-0.05, 0) is 18.3 Å². The smallest absolute Gasteiger partial charge is 0.468 e. The number of carbonyl (C=O) groups excluding carboxylic acids is 3. The zero-order chi connectivity index (χ0) is 19.6. The van der Waals surface area contributed by atoms with E-state index in [-0.39, 0.29) is 23.4 Å². The maximum Gasteiger partial charge on any atom is 0.490 e. The number of hydrogen-bond donors (Lipinski definition) is 0. The highest BCUT2D eigenvalue weighted by atomic mass is 35.5. The summed E-state index contributed by atoms with van der Waals surface area (Å²) in [4.78, 5) is 36.0. The van der Waals surface area contributed by atoms with Crippen LogP contribution in [0.4, 0.5) is 13.2 Å². The Morgan fingerprint density at radius 1 is 1.36 bits per heavy atom. The second-order valence-electron chi connectivity index (χ2n) is 6.48. The van der Waals surface area contributed by atoms with Crippen LogP contribution in [-0.4, -0.2) is 37.1 Å². The van der Waals surface area contributed by atoms with Gasteiger partial charge in [0.15, 0.2) is 5.78 Å². The highest BCUT2D eigenvalue weighted by Crippen LogP contribution is 2.45. The number of rotatable bonds is 5. The molecule has 0 radical (unpaired) electrons. The maximum atomic E-state index is 12.8. The van der Waals surface area contributed by atoms with Crippen molar-refractivity contribution < 1.29 is 37.0 Å². The number of ether oxygens (including phenoxy) is 2. The van der Waals surface area contributed by atoms with Crippen LogP contribution in [0.25, 0.3) is 0 Å². The first-order valence-electron chi connectivity index (χ1n) is 7.65. The number of allylic oxidation sites excluding steroid dienone is 1. The van der Waals surface area contributed by atoms with Gasteiger partial charge in [0.1, 0.15) is 12.0 Å². The fourth-order valence-electron chi connectivity index (χ4n) is 2.84. The van der Waals surface area contributed by atoms with Crippen molar-refractivity contribution in [3.05, 3.63) is 10.6 Å². The van der Waals surface area contributed by atoms with Crippen LogP contribution < -0.4 is 0 Å². The summed E-state index contributed by atoms with van der Waals surface area (Å²) in [5, 5.41) is -0.0106. The van der Waals surface area contributed by atoms with Crippen LogP contribution in [0.5, 0.6) is 0 Å². The summed E-state index contributed by atoms with van der Waals surface area (Å²) in [6.45, 7) is 4.91. The first-order chi connectivity index (χ1) is 11.4. The summed E-state index contributed by atoms with van der Waals surface area (Å²) in [5.74, 6) is -5.23. The summed E-state index contributed by atoms with van der Waals surface area (Å²) in [5.41, 5.74) is -1.15. The molecule has 1 aliphatic carbocycles. The van der Waals surface area contributed by atoms with Crippen LogP contribution in [0.15, 0.2) is 10.6 Å². The Morgan fingerprint density at radius 2 is 1.92 bits per heavy atom. The molecular formula is C16H20ClF3O5. The molecule has 5 nitrogen and oxygen atoms in total. The van der Waals surface area contributed by atoms with Crippen LogP contribution >= 0.6 is 11.6 Å². The number of ketones is 1. The number of alkyl halides is 3. The van der Waals surface area contributed by atoms with Crippen LogP contribution in [0.2, 0.25) is 0 Å². The summed E-state index contributed by atoms with van der Waals surface area (Å²) in [7, 11) is 1.11. The Hall–Kier alpha value is -1.57. The minimum Gasteiger partial charge on any atom is -0.468 e. The molecule has 0 fully saturated rings. The first kappa shape index (κ1) is 21.5. The van der Waals surface area contributed by atoms with Crippen molar-refractivity contribution in [3.63, 3.8) is 0 Å². The Balaban J connectivity index is 3.30. The Bertz CT molecular complexity index is 595. The second-order valence-corrected chi connectivity index (χ2v) is 6.94. The molecular weight excluding hydrogens is 365 g/mol. The van der Waals surface area contributed by atoms with Gasteiger partial charge in [0.25, 0.3) is 0 Å². The number of methoxy groups -OCH3 is 1. The van der Waals surface area contributed by atoms with Gasteiger partial charge in [-0.1, -0.05) is 38.8 Å². The van der Waals surface area contributed by atoms with E-state index < -0.39 is 41.3 Å². The summed E-state index contributed by atoms with van der Waals surface area (Å²) < 4.78 is 46.7. The zero-order valence-electron chi connectivity index (χ0n) is 14.3. The molecule has 0 heterocycles. The molecule has 0 unspecified atom stereocenters. The fraction of sp³-hybridized carbons (Fsp3) is 0.688. The van der Waals surface area contributed by atoms with Gasteiger partial charge >= 0.3 is 18.1 Å². The van der Waals surface area contributed by atoms with Gasteiger partial charge in [-0.25, -0.2) is 4.79 Å². The van der Waals surface area contributed by atoms with Crippen molar-refractivity contribution in [3.8, 4) is 0 Å². The SMILES string of the molecule is CCC[C@H](OC(=O)C(F)(F)F)C1=C(Cl)CC(C)(C)[C@H](C(=O)OC)C1=O. The lowest BCUT2D eigenvalue weighted by Crippen LogP contribution is -2.45. The molecule has 0 aliphatic heterocycles. The molecule has 0 saturated heterocycles. The molecule has 25 heavy (non-hydrogen) atoms. The predicted octanol–water partition coefficient (Wildman–Crippen LogP) is 3.54. The normalized spacial score (nSPS) is 21.8. The molecule has 0 bridgehead atoms. The van der Waals surface area contributed by atoms with Crippen molar-refractivity contribution in [2.45, 2.75) is 52.3 Å². The molecule has 142 valence electrons. The van der Waals surface area contributed by atoms with Gasteiger partial charge in [0.2, 0.25) is 0 Å². The van der Waals surface area contributed by atoms with Crippen LogP contribution in [-0.2, 0) is 23.9 Å². The van der Waals surface area contributed by atoms with E-state index in [4.69, 9.17) is 11.6 Å². The Kier molecular flexibility index (Phi) is 6.67. The van der Waals surface area contributed by atoms with Gasteiger partial charge in [0, 0.05) is 5.03 Å². The molecule has 2 atom stereocenters. The van der Waals surface area contributed by atoms with Crippen LogP contribution in [0, 0.1) is 11.3 Å². The standard InChI is InChI=1S/C16H20ClF3O5/c1-5-6-9(25-14(23)16(18,19)20)10-8(17)7-15(2,3)11(12(10)21)13(22)24-4/h9,11H,5-7H2,1-4H3/t9-,11-/m0/s1. The van der Waals surface area contributed by atoms with Gasteiger partial charge in [0.05, 0.1) is 12.7 Å². The first-order valence-corrected chi connectivity index (χ1v) is 8.03. The van der Waals surface area contributed by atoms with Crippen molar-refractivity contribution in [2.75, 3.05) is 7.11 Å². The minimum absolute atomic E-state index is 0.0106. The molecule has 0 spiro atoms. The minimum atomic E-state index is -5.20. The van der Waals surface area contributed by atoms with E-state index in [1.807, 2.05) is 0 Å². The molecule has 1 aliphatic rings. The van der Waals surface area contributed by atoms with Gasteiger partial charge in [-0.2, -0.15) is 13.2 Å². The number of esters is 2. The van der Waals surface area contributed by atoms with E-state index in [0.717, 1.165) is 7.11 Å². The average molecular weight is 385 g/mol. The van der Waals surface area contributed by atoms with Crippen molar-refractivity contribution in [1.82, 2.24) is 0 Å². The zero-order valence-corrected chi connectivity index (χ0v) is 15.1. The third-order valence-corrected chi connectivity index (χ3v) is 4.34. The molecule has 0 aromatic heterocycles. The van der Waals surface area contributed by atoms with Crippen molar-refractivity contribution in [1.29, 1.82) is 0 Å². The summed E-state index contributed by atoms with van der Waals surface area (Å²) in [6, 6.07) is 0. The van der Waals surface area contributed by atoms with Gasteiger partial charge in [-0.3, -0.25) is 9.59 Å². The maximum absolute atomic E-state index is 12.8. The highest BCUT2D eigenvalue weighted by Gasteiger charge is 2.50. The predicted molar refractivity (Wildman–Crippen MR) is 82.6 cm³/mol. The largest absolute Gasteiger partial charge is 0.490 e. The number of halogens is 4. The monoisotopic (exact) mass is 384 g/mol. The lowest BCUT2D eigenvalue weighted by atomic mass is 9.67. The average Bonchev–Trinajstić information content (AvgIpc) is 2.44. The highest BCUT2D eigenvalue weighted by molar-refractivity contribution is 6.33. The third kappa shape index (κ3) is 4.74. The second kappa shape index (κ2) is 7.76.